The highest BCUT2D eigenvalue weighted by Gasteiger charge is 2.17. The molecular weight excluding hydrogens is 362 g/mol. The average molecular weight is 383 g/mol. The molecule has 0 atom stereocenters. The van der Waals surface area contributed by atoms with Crippen molar-refractivity contribution in [3.8, 4) is 12.3 Å². The topological polar surface area (TPSA) is 81.3 Å². The van der Waals surface area contributed by atoms with Crippen molar-refractivity contribution in [1.29, 1.82) is 0 Å². The monoisotopic (exact) mass is 383 g/mol. The van der Waals surface area contributed by atoms with Crippen LogP contribution in [-0.2, 0) is 11.3 Å². The summed E-state index contributed by atoms with van der Waals surface area (Å²) < 4.78 is 3.51. The molecule has 2 aromatic heterocycles. The Kier molecular flexibility index (Phi) is 5.81. The highest BCUT2D eigenvalue weighted by Crippen LogP contribution is 2.21. The predicted molar refractivity (Wildman–Crippen MR) is 107 cm³/mol. The Labute approximate surface area is 161 Å². The number of nitrogens with one attached hydrogen (secondary N) is 1. The van der Waals surface area contributed by atoms with E-state index in [0.717, 1.165) is 11.9 Å². The zero-order chi connectivity index (χ0) is 19.4. The molecule has 0 aliphatic carbocycles. The molecule has 0 fully saturated rings. The molecule has 8 heteroatoms. The molecule has 0 radical (unpaired) electrons. The van der Waals surface area contributed by atoms with Gasteiger partial charge in [0.25, 0.3) is 5.56 Å². The van der Waals surface area contributed by atoms with Gasteiger partial charge in [-0.1, -0.05) is 43.7 Å². The molecule has 0 saturated carbocycles. The summed E-state index contributed by atoms with van der Waals surface area (Å²) in [6.45, 7) is 4.99. The molecule has 3 aromatic rings. The lowest BCUT2D eigenvalue weighted by atomic mass is 10.1. The summed E-state index contributed by atoms with van der Waals surface area (Å²) in [7, 11) is 0. The number of aromatic nitrogens is 4. The van der Waals surface area contributed by atoms with Gasteiger partial charge < -0.3 is 5.32 Å². The first-order chi connectivity index (χ1) is 13.0. The summed E-state index contributed by atoms with van der Waals surface area (Å²) in [6, 6.07) is 7.37. The van der Waals surface area contributed by atoms with Crippen molar-refractivity contribution in [2.75, 3.05) is 12.3 Å². The highest BCUT2D eigenvalue weighted by molar-refractivity contribution is 7.99. The Morgan fingerprint density at radius 2 is 2.11 bits per heavy atom. The molecule has 140 valence electrons. The third kappa shape index (κ3) is 3.98. The number of carbonyl (C=O) groups excluding carboxylic acids is 1. The smallest absolute Gasteiger partial charge is 0.262 e. The molecule has 0 unspecified atom stereocenters. The predicted octanol–water partition coefficient (Wildman–Crippen LogP) is 1.93. The van der Waals surface area contributed by atoms with E-state index in [9.17, 15) is 9.59 Å². The van der Waals surface area contributed by atoms with E-state index in [2.05, 4.69) is 35.3 Å². The van der Waals surface area contributed by atoms with Crippen molar-refractivity contribution in [3.05, 3.63) is 34.6 Å². The molecule has 1 aromatic carbocycles. The van der Waals surface area contributed by atoms with Crippen LogP contribution < -0.4 is 10.9 Å². The summed E-state index contributed by atoms with van der Waals surface area (Å²) in [5, 5.41) is 12.3. The maximum atomic E-state index is 12.9. The van der Waals surface area contributed by atoms with Crippen LogP contribution in [0.15, 0.2) is 34.2 Å². The van der Waals surface area contributed by atoms with Gasteiger partial charge in [-0.25, -0.2) is 0 Å². The normalized spacial score (nSPS) is 11.2. The number of para-hydroxylation sites is 1. The third-order valence-corrected chi connectivity index (χ3v) is 5.06. The Morgan fingerprint density at radius 3 is 2.85 bits per heavy atom. The zero-order valence-corrected chi connectivity index (χ0v) is 16.1. The van der Waals surface area contributed by atoms with Crippen molar-refractivity contribution >= 4 is 34.3 Å². The summed E-state index contributed by atoms with van der Waals surface area (Å²) in [5.74, 6) is 3.31. The van der Waals surface area contributed by atoms with Crippen molar-refractivity contribution < 1.29 is 4.79 Å². The van der Waals surface area contributed by atoms with Gasteiger partial charge in [0.15, 0.2) is 5.16 Å². The van der Waals surface area contributed by atoms with Gasteiger partial charge in [0, 0.05) is 6.54 Å². The molecule has 0 spiro atoms. The SMILES string of the molecule is C#CCNC(=O)CSc1nnc2n(CCC(C)C)c(=O)c3ccccc3n12. The van der Waals surface area contributed by atoms with E-state index < -0.39 is 0 Å². The lowest BCUT2D eigenvalue weighted by Crippen LogP contribution is -2.25. The Hall–Kier alpha value is -2.79. The fourth-order valence-corrected chi connectivity index (χ4v) is 3.52. The van der Waals surface area contributed by atoms with Crippen molar-refractivity contribution in [3.63, 3.8) is 0 Å². The van der Waals surface area contributed by atoms with Gasteiger partial charge in [0.2, 0.25) is 11.7 Å². The van der Waals surface area contributed by atoms with Gasteiger partial charge in [-0.3, -0.25) is 18.6 Å². The molecular formula is C19H21N5O2S. The lowest BCUT2D eigenvalue weighted by molar-refractivity contribution is -0.118. The van der Waals surface area contributed by atoms with Crippen molar-refractivity contribution in [2.24, 2.45) is 5.92 Å². The fraction of sp³-hybridized carbons (Fsp3) is 0.368. The van der Waals surface area contributed by atoms with Crippen LogP contribution in [0.4, 0.5) is 0 Å². The Morgan fingerprint density at radius 1 is 1.33 bits per heavy atom. The van der Waals surface area contributed by atoms with Crippen LogP contribution in [0.3, 0.4) is 0 Å². The van der Waals surface area contributed by atoms with Gasteiger partial charge in [-0.2, -0.15) is 0 Å². The number of terminal acetylenes is 1. The van der Waals surface area contributed by atoms with E-state index in [-0.39, 0.29) is 23.8 Å². The molecule has 0 bridgehead atoms. The number of benzene rings is 1. The average Bonchev–Trinajstić information content (AvgIpc) is 3.08. The van der Waals surface area contributed by atoms with Crippen LogP contribution in [0.25, 0.3) is 16.7 Å². The number of hydrogen-bond acceptors (Lipinski definition) is 5. The number of rotatable bonds is 7. The molecule has 1 N–H and O–H groups in total. The maximum absolute atomic E-state index is 12.9. The van der Waals surface area contributed by atoms with Gasteiger partial charge in [-0.15, -0.1) is 16.6 Å². The van der Waals surface area contributed by atoms with Crippen molar-refractivity contribution in [2.45, 2.75) is 32.0 Å². The van der Waals surface area contributed by atoms with E-state index in [0.29, 0.717) is 28.8 Å². The van der Waals surface area contributed by atoms with E-state index >= 15 is 0 Å². The first-order valence-corrected chi connectivity index (χ1v) is 9.71. The van der Waals surface area contributed by atoms with E-state index in [4.69, 9.17) is 6.42 Å². The van der Waals surface area contributed by atoms with Crippen LogP contribution in [-0.4, -0.2) is 37.4 Å². The number of amides is 1. The summed E-state index contributed by atoms with van der Waals surface area (Å²) in [6.07, 6.45) is 6.01. The Balaban J connectivity index is 2.06. The molecule has 2 heterocycles. The number of aryl methyl sites for hydroxylation is 1. The van der Waals surface area contributed by atoms with E-state index in [1.807, 2.05) is 22.6 Å². The van der Waals surface area contributed by atoms with Gasteiger partial charge in [0.05, 0.1) is 23.2 Å². The summed E-state index contributed by atoms with van der Waals surface area (Å²) >= 11 is 1.26. The minimum atomic E-state index is -0.174. The second kappa shape index (κ2) is 8.27. The van der Waals surface area contributed by atoms with Crippen LogP contribution >= 0.6 is 11.8 Å². The summed E-state index contributed by atoms with van der Waals surface area (Å²) in [4.78, 5) is 24.8. The molecule has 7 nitrogen and oxygen atoms in total. The first-order valence-electron chi connectivity index (χ1n) is 8.72. The van der Waals surface area contributed by atoms with E-state index in [1.165, 1.54) is 11.8 Å². The number of hydrogen-bond donors (Lipinski definition) is 1. The van der Waals surface area contributed by atoms with Gasteiger partial charge >= 0.3 is 0 Å². The van der Waals surface area contributed by atoms with E-state index in [1.54, 1.807) is 10.6 Å². The molecule has 1 amide bonds. The summed E-state index contributed by atoms with van der Waals surface area (Å²) in [5.41, 5.74) is 0.657. The van der Waals surface area contributed by atoms with Crippen LogP contribution in [0.5, 0.6) is 0 Å². The van der Waals surface area contributed by atoms with Crippen molar-refractivity contribution in [1.82, 2.24) is 24.5 Å². The largest absolute Gasteiger partial charge is 0.344 e. The standard InChI is InChI=1S/C19H21N5O2S/c1-4-10-20-16(25)12-27-19-22-21-18-23(11-9-13(2)3)17(26)14-7-5-6-8-15(14)24(18)19/h1,5-8,13H,9-12H2,2-3H3,(H,20,25). The fourth-order valence-electron chi connectivity index (χ4n) is 2.75. The quantitative estimate of drug-likeness (QED) is 0.498. The number of thioether (sulfide) groups is 1. The lowest BCUT2D eigenvalue weighted by Gasteiger charge is -2.12. The van der Waals surface area contributed by atoms with Crippen LogP contribution in [0.1, 0.15) is 20.3 Å². The minimum Gasteiger partial charge on any atom is -0.344 e. The first kappa shape index (κ1) is 19.0. The molecule has 27 heavy (non-hydrogen) atoms. The minimum absolute atomic E-state index is 0.0746. The van der Waals surface area contributed by atoms with Crippen LogP contribution in [0.2, 0.25) is 0 Å². The zero-order valence-electron chi connectivity index (χ0n) is 15.3. The second-order valence-corrected chi connectivity index (χ2v) is 7.49. The molecule has 3 rings (SSSR count). The van der Waals surface area contributed by atoms with Gasteiger partial charge in [0.1, 0.15) is 0 Å². The second-order valence-electron chi connectivity index (χ2n) is 6.54. The Bertz CT molecular complexity index is 1080. The maximum Gasteiger partial charge on any atom is 0.262 e. The third-order valence-electron chi connectivity index (χ3n) is 4.13. The number of carbonyl (C=O) groups is 1. The number of fused-ring (bicyclic) bond motifs is 3. The van der Waals surface area contributed by atoms with Crippen LogP contribution in [0, 0.1) is 18.3 Å². The highest BCUT2D eigenvalue weighted by atomic mass is 32.2. The van der Waals surface area contributed by atoms with Gasteiger partial charge in [-0.05, 0) is 24.5 Å². The number of nitrogens with zero attached hydrogens (tertiary/aromatic N) is 4. The molecule has 0 saturated heterocycles. The molecule has 0 aliphatic heterocycles. The molecule has 0 aliphatic rings.